The first-order valence-corrected chi connectivity index (χ1v) is 11.6. The molecule has 0 fully saturated rings. The molecule has 0 aromatic heterocycles. The molecule has 0 unspecified atom stereocenters. The van der Waals surface area contributed by atoms with E-state index in [9.17, 15) is 5.11 Å². The number of rotatable bonds is 10. The molecule has 0 spiro atoms. The van der Waals surface area contributed by atoms with E-state index >= 15 is 0 Å². The molecule has 0 atom stereocenters. The predicted octanol–water partition coefficient (Wildman–Crippen LogP) is 5.24. The second-order valence-corrected chi connectivity index (χ2v) is 9.13. The third-order valence-corrected chi connectivity index (χ3v) is 6.13. The Morgan fingerprint density at radius 2 is 1.31 bits per heavy atom. The molecule has 1 nitrogen and oxygen atoms in total. The predicted molar refractivity (Wildman–Crippen MR) is 133 cm³/mol. The van der Waals surface area contributed by atoms with E-state index in [1.54, 1.807) is 6.07 Å². The van der Waals surface area contributed by atoms with Crippen molar-refractivity contribution >= 4 is 12.2 Å². The summed E-state index contributed by atoms with van der Waals surface area (Å²) in [6.45, 7) is 6.67. The molecule has 0 saturated heterocycles. The summed E-state index contributed by atoms with van der Waals surface area (Å²) in [6.07, 6.45) is 11.6. The van der Waals surface area contributed by atoms with Crippen LogP contribution in [0.4, 0.5) is 0 Å². The Kier molecular flexibility index (Phi) is 11.4. The zero-order valence-electron chi connectivity index (χ0n) is 20.2. The first-order chi connectivity index (χ1) is 15.0. The molecular weight excluding hydrogens is 415 g/mol. The van der Waals surface area contributed by atoms with Crippen LogP contribution < -0.4 is 56.5 Å². The molecule has 0 radical (unpaired) electrons. The van der Waals surface area contributed by atoms with Gasteiger partial charge in [-0.15, -0.1) is 5.75 Å². The number of unbranched alkanes of at least 4 members (excludes halogenated alkanes) is 4. The normalized spacial score (nSPS) is 11.5. The fourth-order valence-electron chi connectivity index (χ4n) is 4.09. The second-order valence-electron chi connectivity index (χ2n) is 9.13. The van der Waals surface area contributed by atoms with Gasteiger partial charge in [-0.3, -0.25) is 0 Å². The quantitative estimate of drug-likeness (QED) is 0.235. The summed E-state index contributed by atoms with van der Waals surface area (Å²) in [5, 5.41) is 12.6. The van der Waals surface area contributed by atoms with Crippen LogP contribution in [0, 0.1) is 0 Å². The fraction of sp³-hybridized carbons (Fsp3) is 0.333. The van der Waals surface area contributed by atoms with Crippen LogP contribution >= 0.6 is 0 Å². The minimum absolute atomic E-state index is 0. The van der Waals surface area contributed by atoms with Gasteiger partial charge in [0.1, 0.15) is 0 Å². The molecule has 0 saturated carbocycles. The van der Waals surface area contributed by atoms with E-state index in [-0.39, 0.29) is 62.5 Å². The Bertz CT molecular complexity index is 971. The summed E-state index contributed by atoms with van der Waals surface area (Å²) in [5.41, 5.74) is 5.47. The van der Waals surface area contributed by atoms with Crippen molar-refractivity contribution in [2.45, 2.75) is 64.7 Å². The second kappa shape index (κ2) is 13.5. The average molecular weight is 451 g/mol. The molecule has 3 rings (SSSR count). The molecule has 0 amide bonds. The van der Waals surface area contributed by atoms with Gasteiger partial charge in [0, 0.05) is 0 Å². The molecule has 0 N–H and O–H groups in total. The minimum atomic E-state index is -0.0995. The van der Waals surface area contributed by atoms with E-state index in [0.717, 1.165) is 23.1 Å². The van der Waals surface area contributed by atoms with Crippen LogP contribution in [0.25, 0.3) is 23.3 Å². The Morgan fingerprint density at radius 3 is 1.97 bits per heavy atom. The van der Waals surface area contributed by atoms with Gasteiger partial charge in [-0.05, 0) is 39.7 Å². The molecule has 32 heavy (non-hydrogen) atoms. The van der Waals surface area contributed by atoms with Crippen molar-refractivity contribution in [2.75, 3.05) is 0 Å². The monoisotopic (exact) mass is 450 g/mol. The molecular formula is C30H35KO. The van der Waals surface area contributed by atoms with Crippen LogP contribution in [0.2, 0.25) is 0 Å². The minimum Gasteiger partial charge on any atom is -0.872 e. The summed E-state index contributed by atoms with van der Waals surface area (Å²) in [6, 6.07) is 24.7. The maximum absolute atomic E-state index is 12.6. The van der Waals surface area contributed by atoms with Gasteiger partial charge in [-0.1, -0.05) is 138 Å². The van der Waals surface area contributed by atoms with Gasteiger partial charge in [0.25, 0.3) is 0 Å². The van der Waals surface area contributed by atoms with Gasteiger partial charge in [-0.2, -0.15) is 0 Å². The van der Waals surface area contributed by atoms with Crippen molar-refractivity contribution in [1.82, 2.24) is 0 Å². The summed E-state index contributed by atoms with van der Waals surface area (Å²) in [4.78, 5) is 0. The maximum atomic E-state index is 12.6. The molecule has 0 heterocycles. The molecule has 0 aliphatic carbocycles. The smallest absolute Gasteiger partial charge is 0.872 e. The Hall–Kier alpha value is -1.16. The largest absolute Gasteiger partial charge is 1.00 e. The molecule has 0 aliphatic rings. The van der Waals surface area contributed by atoms with Crippen LogP contribution in [-0.2, 0) is 5.41 Å². The zero-order valence-corrected chi connectivity index (χ0v) is 23.4. The SMILES string of the molecule is CCCCCCCC(C)(C)c1cc(-c2ccc(/C=C/c3ccccc3)cc2)ccc1[O-].[K+]. The summed E-state index contributed by atoms with van der Waals surface area (Å²) >= 11 is 0. The number of hydrogen-bond donors (Lipinski definition) is 0. The molecule has 3 aromatic carbocycles. The van der Waals surface area contributed by atoms with Gasteiger partial charge < -0.3 is 5.11 Å². The van der Waals surface area contributed by atoms with Gasteiger partial charge in [0.15, 0.2) is 0 Å². The topological polar surface area (TPSA) is 23.1 Å². The Morgan fingerprint density at radius 1 is 0.719 bits per heavy atom. The first kappa shape index (κ1) is 27.1. The summed E-state index contributed by atoms with van der Waals surface area (Å²) in [7, 11) is 0. The summed E-state index contributed by atoms with van der Waals surface area (Å²) in [5.74, 6) is 0.157. The third kappa shape index (κ3) is 8.00. The molecule has 0 bridgehead atoms. The molecule has 2 heteroatoms. The third-order valence-electron chi connectivity index (χ3n) is 6.13. The van der Waals surface area contributed by atoms with Crippen molar-refractivity contribution in [2.24, 2.45) is 0 Å². The standard InChI is InChI=1S/C30H36O.K/c1-4-5-6-7-11-22-30(2,3)28-23-27(20-21-29(28)31)26-18-16-25(17-19-26)15-14-24-12-9-8-10-13-24;/h8-10,12-21,23,31H,4-7,11,22H2,1-3H3;/q;+1/p-1/b15-14+;. The number of benzene rings is 3. The fourth-order valence-corrected chi connectivity index (χ4v) is 4.09. The van der Waals surface area contributed by atoms with Gasteiger partial charge >= 0.3 is 51.4 Å². The van der Waals surface area contributed by atoms with Gasteiger partial charge in [-0.25, -0.2) is 0 Å². The van der Waals surface area contributed by atoms with E-state index in [0.29, 0.717) is 0 Å². The van der Waals surface area contributed by atoms with Crippen molar-refractivity contribution in [3.8, 4) is 16.9 Å². The van der Waals surface area contributed by atoms with Crippen molar-refractivity contribution in [3.05, 3.63) is 89.5 Å². The van der Waals surface area contributed by atoms with Crippen LogP contribution in [0.3, 0.4) is 0 Å². The van der Waals surface area contributed by atoms with E-state index in [1.165, 1.54) is 43.2 Å². The molecule has 162 valence electrons. The van der Waals surface area contributed by atoms with E-state index in [2.05, 4.69) is 75.4 Å². The molecule has 3 aromatic rings. The molecule has 0 aliphatic heterocycles. The maximum Gasteiger partial charge on any atom is 1.00 e. The average Bonchev–Trinajstić information content (AvgIpc) is 2.79. The van der Waals surface area contributed by atoms with Crippen LogP contribution in [0.5, 0.6) is 5.75 Å². The zero-order chi connectivity index (χ0) is 22.1. The summed E-state index contributed by atoms with van der Waals surface area (Å²) < 4.78 is 0. The number of hydrogen-bond acceptors (Lipinski definition) is 1. The van der Waals surface area contributed by atoms with Crippen LogP contribution in [-0.4, -0.2) is 0 Å². The van der Waals surface area contributed by atoms with Crippen molar-refractivity contribution < 1.29 is 56.5 Å². The van der Waals surface area contributed by atoms with Gasteiger partial charge in [0.2, 0.25) is 0 Å². The first-order valence-electron chi connectivity index (χ1n) is 11.6. The Labute approximate surface area is 237 Å². The van der Waals surface area contributed by atoms with E-state index in [4.69, 9.17) is 0 Å². The van der Waals surface area contributed by atoms with E-state index < -0.39 is 0 Å². The van der Waals surface area contributed by atoms with Crippen molar-refractivity contribution in [3.63, 3.8) is 0 Å². The Balaban J connectivity index is 0.00000363. The van der Waals surface area contributed by atoms with Crippen molar-refractivity contribution in [1.29, 1.82) is 0 Å². The van der Waals surface area contributed by atoms with Gasteiger partial charge in [0.05, 0.1) is 0 Å². The van der Waals surface area contributed by atoms with Crippen LogP contribution in [0.15, 0.2) is 72.8 Å². The van der Waals surface area contributed by atoms with Crippen LogP contribution in [0.1, 0.15) is 76.0 Å². The van der Waals surface area contributed by atoms with E-state index in [1.807, 2.05) is 24.3 Å².